The van der Waals surface area contributed by atoms with E-state index in [4.69, 9.17) is 4.74 Å². The Morgan fingerprint density at radius 1 is 1.25 bits per heavy atom. The van der Waals surface area contributed by atoms with E-state index >= 15 is 0 Å². The van der Waals surface area contributed by atoms with Gasteiger partial charge in [-0.2, -0.15) is 5.26 Å². The van der Waals surface area contributed by atoms with Gasteiger partial charge in [0.05, 0.1) is 29.8 Å². The maximum Gasteiger partial charge on any atom is 0.338 e. The van der Waals surface area contributed by atoms with Gasteiger partial charge in [0.15, 0.2) is 5.78 Å². The Hall–Kier alpha value is -3.39. The minimum absolute atomic E-state index is 0.0691. The smallest absolute Gasteiger partial charge is 0.338 e. The van der Waals surface area contributed by atoms with Crippen LogP contribution in [0.5, 0.6) is 0 Å². The summed E-state index contributed by atoms with van der Waals surface area (Å²) in [6, 6.07) is 15.1. The first kappa shape index (κ1) is 18.0. The van der Waals surface area contributed by atoms with Crippen LogP contribution in [0.15, 0.2) is 42.5 Å². The van der Waals surface area contributed by atoms with E-state index in [1.54, 1.807) is 12.1 Å². The molecule has 5 heteroatoms. The second-order valence-corrected chi connectivity index (χ2v) is 7.35. The molecule has 0 N–H and O–H groups in total. The highest BCUT2D eigenvalue weighted by atomic mass is 16.5. The molecule has 2 aromatic carbocycles. The predicted octanol–water partition coefficient (Wildman–Crippen LogP) is 4.11. The summed E-state index contributed by atoms with van der Waals surface area (Å²) in [5, 5.41) is 9.87. The van der Waals surface area contributed by atoms with Crippen LogP contribution in [0.3, 0.4) is 0 Å². The van der Waals surface area contributed by atoms with Crippen molar-refractivity contribution in [2.24, 2.45) is 5.92 Å². The Morgan fingerprint density at radius 3 is 2.79 bits per heavy atom. The lowest BCUT2D eigenvalue weighted by Gasteiger charge is -2.20. The average molecular weight is 372 g/mol. The fourth-order valence-electron chi connectivity index (χ4n) is 4.17. The molecule has 1 unspecified atom stereocenters. The molecule has 28 heavy (non-hydrogen) atoms. The number of rotatable bonds is 3. The fraction of sp³-hybridized carbons (Fsp3) is 0.261. The molecule has 4 rings (SSSR count). The number of methoxy groups -OCH3 is 1. The second-order valence-electron chi connectivity index (χ2n) is 7.35. The van der Waals surface area contributed by atoms with Crippen molar-refractivity contribution in [2.45, 2.75) is 26.3 Å². The number of ketones is 1. The van der Waals surface area contributed by atoms with Gasteiger partial charge < -0.3 is 9.30 Å². The van der Waals surface area contributed by atoms with Gasteiger partial charge in [-0.3, -0.25) is 4.79 Å². The average Bonchev–Trinajstić information content (AvgIpc) is 3.01. The van der Waals surface area contributed by atoms with Crippen LogP contribution in [-0.2, 0) is 17.7 Å². The number of carbonyl (C=O) groups is 2. The Labute approximate surface area is 163 Å². The highest BCUT2D eigenvalue weighted by molar-refractivity contribution is 6.16. The molecule has 0 saturated heterocycles. The van der Waals surface area contributed by atoms with Gasteiger partial charge in [-0.15, -0.1) is 0 Å². The van der Waals surface area contributed by atoms with Crippen molar-refractivity contribution < 1.29 is 14.3 Å². The van der Waals surface area contributed by atoms with E-state index in [1.807, 2.05) is 30.3 Å². The maximum absolute atomic E-state index is 12.9. The Kier molecular flexibility index (Phi) is 4.48. The van der Waals surface area contributed by atoms with Crippen LogP contribution in [0.25, 0.3) is 10.9 Å². The molecule has 1 aliphatic carbocycles. The topological polar surface area (TPSA) is 72.1 Å². The number of nitrogens with zero attached hydrogens (tertiary/aromatic N) is 2. The number of nitriles is 1. The molecule has 5 nitrogen and oxygen atoms in total. The Bertz CT molecular complexity index is 1150. The number of fused-ring (bicyclic) bond motifs is 3. The monoisotopic (exact) mass is 372 g/mol. The summed E-state index contributed by atoms with van der Waals surface area (Å²) in [5.74, 6) is -0.127. The number of carbonyl (C=O) groups excluding carboxylic acids is 2. The third kappa shape index (κ3) is 2.87. The van der Waals surface area contributed by atoms with Crippen LogP contribution >= 0.6 is 0 Å². The van der Waals surface area contributed by atoms with Gasteiger partial charge >= 0.3 is 5.97 Å². The summed E-state index contributed by atoms with van der Waals surface area (Å²) in [6.45, 7) is 2.60. The molecule has 0 radical (unpaired) electrons. The predicted molar refractivity (Wildman–Crippen MR) is 105 cm³/mol. The summed E-state index contributed by atoms with van der Waals surface area (Å²) in [7, 11) is 1.35. The fourth-order valence-corrected chi connectivity index (χ4v) is 4.17. The first-order chi connectivity index (χ1) is 13.5. The van der Waals surface area contributed by atoms with E-state index in [0.717, 1.165) is 23.2 Å². The van der Waals surface area contributed by atoms with Gasteiger partial charge in [-0.1, -0.05) is 25.1 Å². The highest BCUT2D eigenvalue weighted by Gasteiger charge is 2.31. The largest absolute Gasteiger partial charge is 0.465 e. The lowest BCUT2D eigenvalue weighted by Crippen LogP contribution is -2.20. The SMILES string of the molecule is COC(=O)c1cccc2c1c1c(n2Cc2cccc(C#N)c2)CC(C)CC1=O. The molecule has 0 aliphatic heterocycles. The van der Waals surface area contributed by atoms with E-state index < -0.39 is 5.97 Å². The zero-order chi connectivity index (χ0) is 19.8. The molecule has 0 amide bonds. The zero-order valence-electron chi connectivity index (χ0n) is 15.9. The van der Waals surface area contributed by atoms with Crippen LogP contribution in [0, 0.1) is 17.2 Å². The van der Waals surface area contributed by atoms with Crippen LogP contribution in [-0.4, -0.2) is 23.4 Å². The normalized spacial score (nSPS) is 15.9. The van der Waals surface area contributed by atoms with Gasteiger partial charge in [0.2, 0.25) is 0 Å². The first-order valence-electron chi connectivity index (χ1n) is 9.28. The van der Waals surface area contributed by atoms with Gasteiger partial charge in [-0.05, 0) is 42.2 Å². The lowest BCUT2D eigenvalue weighted by molar-refractivity contribution is 0.0603. The number of esters is 1. The molecular weight excluding hydrogens is 352 g/mol. The van der Waals surface area contributed by atoms with Crippen molar-refractivity contribution in [1.82, 2.24) is 4.57 Å². The Balaban J connectivity index is 1.98. The van der Waals surface area contributed by atoms with Crippen LogP contribution in [0.1, 0.15) is 50.9 Å². The molecule has 1 aromatic heterocycles. The molecule has 1 aliphatic rings. The molecule has 3 aromatic rings. The number of hydrogen-bond acceptors (Lipinski definition) is 4. The first-order valence-corrected chi connectivity index (χ1v) is 9.28. The summed E-state index contributed by atoms with van der Waals surface area (Å²) >= 11 is 0. The van der Waals surface area contributed by atoms with E-state index in [0.29, 0.717) is 35.0 Å². The van der Waals surface area contributed by atoms with E-state index in [2.05, 4.69) is 17.6 Å². The number of Topliss-reactive ketones (excluding diaryl/α,β-unsaturated/α-hetero) is 1. The zero-order valence-corrected chi connectivity index (χ0v) is 15.9. The summed E-state index contributed by atoms with van der Waals surface area (Å²) in [5.41, 5.74) is 4.44. The van der Waals surface area contributed by atoms with E-state index in [9.17, 15) is 14.9 Å². The molecule has 1 heterocycles. The maximum atomic E-state index is 12.9. The standard InChI is InChI=1S/C23H20N2O3/c1-14-9-19-22(20(26)10-14)21-17(23(27)28-2)7-4-8-18(21)25(19)13-16-6-3-5-15(11-16)12-24/h3-8,11,14H,9-10,13H2,1-2H3. The van der Waals surface area contributed by atoms with Crippen molar-refractivity contribution in [2.75, 3.05) is 7.11 Å². The summed E-state index contributed by atoms with van der Waals surface area (Å²) in [6.07, 6.45) is 1.25. The number of benzene rings is 2. The van der Waals surface area contributed by atoms with Crippen LogP contribution < -0.4 is 0 Å². The number of hydrogen-bond donors (Lipinski definition) is 0. The van der Waals surface area contributed by atoms with Crippen LogP contribution in [0.2, 0.25) is 0 Å². The minimum Gasteiger partial charge on any atom is -0.465 e. The molecular formula is C23H20N2O3. The summed E-state index contributed by atoms with van der Waals surface area (Å²) in [4.78, 5) is 25.3. The van der Waals surface area contributed by atoms with E-state index in [1.165, 1.54) is 7.11 Å². The van der Waals surface area contributed by atoms with Gasteiger partial charge in [0.25, 0.3) is 0 Å². The van der Waals surface area contributed by atoms with Crippen molar-refractivity contribution in [1.29, 1.82) is 5.26 Å². The molecule has 0 fully saturated rings. The van der Waals surface area contributed by atoms with Crippen molar-refractivity contribution >= 4 is 22.7 Å². The Morgan fingerprint density at radius 2 is 2.04 bits per heavy atom. The number of aromatic nitrogens is 1. The molecule has 0 spiro atoms. The second kappa shape index (κ2) is 6.97. The molecule has 0 bridgehead atoms. The molecule has 1 atom stereocenters. The van der Waals surface area contributed by atoms with Crippen molar-refractivity contribution in [3.63, 3.8) is 0 Å². The quantitative estimate of drug-likeness (QED) is 0.649. The minimum atomic E-state index is -0.441. The highest BCUT2D eigenvalue weighted by Crippen LogP contribution is 2.36. The van der Waals surface area contributed by atoms with Gasteiger partial charge in [-0.25, -0.2) is 4.79 Å². The summed E-state index contributed by atoms with van der Waals surface area (Å²) < 4.78 is 7.07. The van der Waals surface area contributed by atoms with Crippen LogP contribution in [0.4, 0.5) is 0 Å². The van der Waals surface area contributed by atoms with Crippen molar-refractivity contribution in [3.05, 3.63) is 70.4 Å². The van der Waals surface area contributed by atoms with Gasteiger partial charge in [0, 0.05) is 29.6 Å². The molecule has 0 saturated carbocycles. The third-order valence-electron chi connectivity index (χ3n) is 5.35. The number of ether oxygens (including phenoxy) is 1. The van der Waals surface area contributed by atoms with Gasteiger partial charge in [0.1, 0.15) is 0 Å². The molecule has 140 valence electrons. The van der Waals surface area contributed by atoms with Crippen molar-refractivity contribution in [3.8, 4) is 6.07 Å². The lowest BCUT2D eigenvalue weighted by atomic mass is 9.86. The third-order valence-corrected chi connectivity index (χ3v) is 5.35. The van der Waals surface area contributed by atoms with E-state index in [-0.39, 0.29) is 11.7 Å².